The van der Waals surface area contributed by atoms with Gasteiger partial charge in [0.05, 0.1) is 11.4 Å². The SMILES string of the molecule is CN1C(=O)C(C)(C)C(=O)N(c2ccccc2)c2cc(Cl)ccc21. The summed E-state index contributed by atoms with van der Waals surface area (Å²) >= 11 is 6.14. The Kier molecular flexibility index (Phi) is 3.65. The van der Waals surface area contributed by atoms with Crippen LogP contribution in [0.15, 0.2) is 48.5 Å². The van der Waals surface area contributed by atoms with Crippen LogP contribution in [0.5, 0.6) is 0 Å². The van der Waals surface area contributed by atoms with Crippen molar-refractivity contribution < 1.29 is 9.59 Å². The van der Waals surface area contributed by atoms with Crippen molar-refractivity contribution in [1.82, 2.24) is 0 Å². The standard InChI is InChI=1S/C18H17ClN2O2/c1-18(2)16(22)20(3)14-10-9-12(19)11-15(14)21(17(18)23)13-7-5-4-6-8-13/h4-11H,1-3H3. The maximum Gasteiger partial charge on any atom is 0.246 e. The molecule has 0 bridgehead atoms. The molecule has 2 aromatic rings. The third-order valence-electron chi connectivity index (χ3n) is 4.13. The summed E-state index contributed by atoms with van der Waals surface area (Å²) in [6.45, 7) is 3.30. The molecule has 0 spiro atoms. The van der Waals surface area contributed by atoms with Gasteiger partial charge < -0.3 is 4.90 Å². The van der Waals surface area contributed by atoms with E-state index < -0.39 is 5.41 Å². The monoisotopic (exact) mass is 328 g/mol. The number of carbonyl (C=O) groups excluding carboxylic acids is 2. The number of amides is 2. The van der Waals surface area contributed by atoms with E-state index in [1.54, 1.807) is 44.0 Å². The van der Waals surface area contributed by atoms with Gasteiger partial charge in [0, 0.05) is 17.8 Å². The summed E-state index contributed by atoms with van der Waals surface area (Å²) in [5.41, 5.74) is 0.797. The van der Waals surface area contributed by atoms with Gasteiger partial charge in [-0.2, -0.15) is 0 Å². The second kappa shape index (κ2) is 5.39. The highest BCUT2D eigenvalue weighted by Crippen LogP contribution is 2.43. The second-order valence-corrected chi connectivity index (χ2v) is 6.53. The molecular weight excluding hydrogens is 312 g/mol. The number of halogens is 1. The molecule has 0 saturated heterocycles. The third-order valence-corrected chi connectivity index (χ3v) is 4.37. The molecule has 3 rings (SSSR count). The highest BCUT2D eigenvalue weighted by molar-refractivity contribution is 6.31. The van der Waals surface area contributed by atoms with Crippen LogP contribution < -0.4 is 9.80 Å². The first-order chi connectivity index (χ1) is 10.8. The predicted molar refractivity (Wildman–Crippen MR) is 92.2 cm³/mol. The van der Waals surface area contributed by atoms with Crippen LogP contribution in [0.4, 0.5) is 17.1 Å². The van der Waals surface area contributed by atoms with E-state index in [1.165, 1.54) is 4.90 Å². The number of rotatable bonds is 1. The Hall–Kier alpha value is -2.33. The third kappa shape index (κ3) is 2.39. The minimum atomic E-state index is -1.17. The highest BCUT2D eigenvalue weighted by atomic mass is 35.5. The minimum absolute atomic E-state index is 0.246. The van der Waals surface area contributed by atoms with Crippen molar-refractivity contribution in [3.05, 3.63) is 53.6 Å². The quantitative estimate of drug-likeness (QED) is 0.742. The summed E-state index contributed by atoms with van der Waals surface area (Å²) in [6.07, 6.45) is 0. The lowest BCUT2D eigenvalue weighted by Gasteiger charge is -2.28. The normalized spacial score (nSPS) is 17.0. The van der Waals surface area contributed by atoms with Crippen molar-refractivity contribution >= 4 is 40.5 Å². The summed E-state index contributed by atoms with van der Waals surface area (Å²) in [4.78, 5) is 29.0. The van der Waals surface area contributed by atoms with E-state index in [4.69, 9.17) is 11.6 Å². The largest absolute Gasteiger partial charge is 0.313 e. The number of hydrogen-bond acceptors (Lipinski definition) is 2. The molecule has 1 aliphatic heterocycles. The first-order valence-corrected chi connectivity index (χ1v) is 7.69. The van der Waals surface area contributed by atoms with E-state index in [9.17, 15) is 9.59 Å². The van der Waals surface area contributed by atoms with Gasteiger partial charge in [0.1, 0.15) is 5.41 Å². The molecule has 0 atom stereocenters. The maximum atomic E-state index is 13.1. The van der Waals surface area contributed by atoms with E-state index in [2.05, 4.69) is 0 Å². The van der Waals surface area contributed by atoms with Crippen LogP contribution in [-0.4, -0.2) is 18.9 Å². The highest BCUT2D eigenvalue weighted by Gasteiger charge is 2.46. The van der Waals surface area contributed by atoms with E-state index in [0.29, 0.717) is 22.1 Å². The van der Waals surface area contributed by atoms with Crippen molar-refractivity contribution in [3.63, 3.8) is 0 Å². The van der Waals surface area contributed by atoms with Gasteiger partial charge in [-0.05, 0) is 44.2 Å². The zero-order valence-electron chi connectivity index (χ0n) is 13.2. The molecule has 4 nitrogen and oxygen atoms in total. The zero-order valence-corrected chi connectivity index (χ0v) is 14.0. The number of nitrogens with zero attached hydrogens (tertiary/aromatic N) is 2. The molecule has 118 valence electrons. The van der Waals surface area contributed by atoms with E-state index >= 15 is 0 Å². The van der Waals surface area contributed by atoms with Crippen LogP contribution in [0.25, 0.3) is 0 Å². The lowest BCUT2D eigenvalue weighted by molar-refractivity contribution is -0.137. The van der Waals surface area contributed by atoms with Crippen LogP contribution in [0, 0.1) is 5.41 Å². The molecule has 0 saturated carbocycles. The van der Waals surface area contributed by atoms with Gasteiger partial charge in [0.25, 0.3) is 0 Å². The van der Waals surface area contributed by atoms with Gasteiger partial charge in [-0.15, -0.1) is 0 Å². The number of hydrogen-bond donors (Lipinski definition) is 0. The molecule has 0 N–H and O–H groups in total. The lowest BCUT2D eigenvalue weighted by Crippen LogP contribution is -2.46. The van der Waals surface area contributed by atoms with Gasteiger partial charge in [-0.1, -0.05) is 29.8 Å². The summed E-state index contributed by atoms with van der Waals surface area (Å²) in [5, 5.41) is 0.512. The molecule has 2 amide bonds. The van der Waals surface area contributed by atoms with Crippen LogP contribution in [0.3, 0.4) is 0 Å². The summed E-state index contributed by atoms with van der Waals surface area (Å²) < 4.78 is 0. The van der Waals surface area contributed by atoms with Crippen molar-refractivity contribution in [2.45, 2.75) is 13.8 Å². The predicted octanol–water partition coefficient (Wildman–Crippen LogP) is 4.01. The number of anilines is 3. The van der Waals surface area contributed by atoms with Gasteiger partial charge in [-0.25, -0.2) is 0 Å². The maximum absolute atomic E-state index is 13.1. The molecule has 0 fully saturated rings. The molecule has 0 radical (unpaired) electrons. The number of para-hydroxylation sites is 1. The lowest BCUT2D eigenvalue weighted by atomic mass is 9.90. The fraction of sp³-hybridized carbons (Fsp3) is 0.222. The van der Waals surface area contributed by atoms with E-state index in [-0.39, 0.29) is 11.8 Å². The van der Waals surface area contributed by atoms with Gasteiger partial charge in [-0.3, -0.25) is 14.5 Å². The Labute approximate surface area is 140 Å². The topological polar surface area (TPSA) is 40.6 Å². The molecule has 1 aliphatic rings. The van der Waals surface area contributed by atoms with Crippen molar-refractivity contribution in [3.8, 4) is 0 Å². The average Bonchev–Trinajstić information content (AvgIpc) is 2.59. The Morgan fingerprint density at radius 3 is 2.22 bits per heavy atom. The molecule has 2 aromatic carbocycles. The Bertz CT molecular complexity index is 787. The zero-order chi connectivity index (χ0) is 16.8. The second-order valence-electron chi connectivity index (χ2n) is 6.10. The van der Waals surface area contributed by atoms with Gasteiger partial charge in [0.15, 0.2) is 0 Å². The molecule has 0 aliphatic carbocycles. The Morgan fingerprint density at radius 2 is 1.57 bits per heavy atom. The summed E-state index contributed by atoms with van der Waals surface area (Å²) in [7, 11) is 1.68. The molecule has 0 aromatic heterocycles. The van der Waals surface area contributed by atoms with Crippen LogP contribution in [0.2, 0.25) is 5.02 Å². The number of benzene rings is 2. The molecule has 23 heavy (non-hydrogen) atoms. The summed E-state index contributed by atoms with van der Waals surface area (Å²) in [6, 6.07) is 14.5. The van der Waals surface area contributed by atoms with Gasteiger partial charge >= 0.3 is 0 Å². The Morgan fingerprint density at radius 1 is 0.913 bits per heavy atom. The molecular formula is C18H17ClN2O2. The van der Waals surface area contributed by atoms with Gasteiger partial charge in [0.2, 0.25) is 11.8 Å². The smallest absolute Gasteiger partial charge is 0.246 e. The van der Waals surface area contributed by atoms with Crippen LogP contribution in [-0.2, 0) is 9.59 Å². The molecule has 0 unspecified atom stereocenters. The van der Waals surface area contributed by atoms with Crippen LogP contribution in [0.1, 0.15) is 13.8 Å². The van der Waals surface area contributed by atoms with E-state index in [1.807, 2.05) is 30.3 Å². The molecule has 5 heteroatoms. The Balaban J connectivity index is 2.32. The molecule has 1 heterocycles. The fourth-order valence-electron chi connectivity index (χ4n) is 2.80. The van der Waals surface area contributed by atoms with E-state index in [0.717, 1.165) is 0 Å². The summed E-state index contributed by atoms with van der Waals surface area (Å²) in [5.74, 6) is -0.522. The fourth-order valence-corrected chi connectivity index (χ4v) is 2.97. The average molecular weight is 329 g/mol. The first-order valence-electron chi connectivity index (χ1n) is 7.31. The van der Waals surface area contributed by atoms with Crippen molar-refractivity contribution in [2.75, 3.05) is 16.8 Å². The first kappa shape index (κ1) is 15.6. The minimum Gasteiger partial charge on any atom is -0.313 e. The number of fused-ring (bicyclic) bond motifs is 1. The van der Waals surface area contributed by atoms with Crippen molar-refractivity contribution in [2.24, 2.45) is 5.41 Å². The van der Waals surface area contributed by atoms with Crippen molar-refractivity contribution in [1.29, 1.82) is 0 Å². The van der Waals surface area contributed by atoms with Crippen LogP contribution >= 0.6 is 11.6 Å². The number of carbonyl (C=O) groups is 2.